The van der Waals surface area contributed by atoms with Crippen LogP contribution in [0.4, 0.5) is 0 Å². The van der Waals surface area contributed by atoms with E-state index in [1.165, 1.54) is 5.56 Å². The molecule has 0 aliphatic heterocycles. The second-order valence-corrected chi connectivity index (χ2v) is 4.98. The fraction of sp³-hybridized carbons (Fsp3) is 0.455. The molecule has 0 unspecified atom stereocenters. The van der Waals surface area contributed by atoms with Gasteiger partial charge >= 0.3 is 0 Å². The summed E-state index contributed by atoms with van der Waals surface area (Å²) in [5, 5.41) is 9.08. The molecule has 0 amide bonds. The van der Waals surface area contributed by atoms with Crippen molar-refractivity contribution in [1.29, 1.82) is 0 Å². The molecule has 1 nitrogen and oxygen atoms in total. The van der Waals surface area contributed by atoms with Crippen LogP contribution in [-0.4, -0.2) is 5.11 Å². The van der Waals surface area contributed by atoms with E-state index >= 15 is 0 Å². The molecule has 1 N–H and O–H groups in total. The summed E-state index contributed by atoms with van der Waals surface area (Å²) in [7, 11) is 0. The molecule has 2 heteroatoms. The first-order chi connectivity index (χ1) is 5.96. The topological polar surface area (TPSA) is 20.2 Å². The summed E-state index contributed by atoms with van der Waals surface area (Å²) in [6.07, 6.45) is 0. The maximum atomic E-state index is 9.08. The van der Waals surface area contributed by atoms with E-state index in [1.54, 1.807) is 0 Å². The summed E-state index contributed by atoms with van der Waals surface area (Å²) < 4.78 is 1.03. The van der Waals surface area contributed by atoms with Crippen LogP contribution in [0.5, 0.6) is 0 Å². The Hall–Kier alpha value is -0.340. The molecule has 1 rings (SSSR count). The van der Waals surface area contributed by atoms with E-state index in [0.29, 0.717) is 0 Å². The molecule has 72 valence electrons. The van der Waals surface area contributed by atoms with Gasteiger partial charge in [0.1, 0.15) is 0 Å². The Kier molecular flexibility index (Phi) is 3.14. The summed E-state index contributed by atoms with van der Waals surface area (Å²) in [6, 6.07) is 6.00. The van der Waals surface area contributed by atoms with Crippen molar-refractivity contribution in [2.24, 2.45) is 0 Å². The van der Waals surface area contributed by atoms with Crippen LogP contribution >= 0.6 is 15.9 Å². The number of aliphatic hydroxyl groups is 1. The normalized spacial score (nSPS) is 11.8. The Bertz CT molecular complexity index is 299. The van der Waals surface area contributed by atoms with Gasteiger partial charge in [0.15, 0.2) is 0 Å². The third-order valence-corrected chi connectivity index (χ3v) is 2.99. The van der Waals surface area contributed by atoms with Crippen LogP contribution in [-0.2, 0) is 12.0 Å². The summed E-state index contributed by atoms with van der Waals surface area (Å²) in [6.45, 7) is 6.57. The first-order valence-electron chi connectivity index (χ1n) is 4.35. The highest BCUT2D eigenvalue weighted by Gasteiger charge is 2.17. The minimum atomic E-state index is 0.0878. The fourth-order valence-electron chi connectivity index (χ4n) is 1.28. The number of halogens is 1. The number of benzene rings is 1. The summed E-state index contributed by atoms with van der Waals surface area (Å²) in [5.74, 6) is 0. The lowest BCUT2D eigenvalue weighted by molar-refractivity contribution is 0.280. The minimum absolute atomic E-state index is 0.0878. The van der Waals surface area contributed by atoms with E-state index in [1.807, 2.05) is 12.1 Å². The molecule has 1 aromatic carbocycles. The molecule has 0 heterocycles. The molecule has 13 heavy (non-hydrogen) atoms. The molecule has 0 saturated heterocycles. The highest BCUT2D eigenvalue weighted by Crippen LogP contribution is 2.31. The number of rotatable bonds is 1. The third-order valence-electron chi connectivity index (χ3n) is 2.06. The lowest BCUT2D eigenvalue weighted by Gasteiger charge is -2.21. The van der Waals surface area contributed by atoms with Gasteiger partial charge < -0.3 is 5.11 Å². The van der Waals surface area contributed by atoms with Gasteiger partial charge in [-0.1, -0.05) is 54.9 Å². The quantitative estimate of drug-likeness (QED) is 0.802. The van der Waals surface area contributed by atoms with Crippen LogP contribution in [0.1, 0.15) is 31.9 Å². The van der Waals surface area contributed by atoms with Gasteiger partial charge in [-0.2, -0.15) is 0 Å². The van der Waals surface area contributed by atoms with E-state index in [4.69, 9.17) is 5.11 Å². The summed E-state index contributed by atoms with van der Waals surface area (Å²) in [5.41, 5.74) is 2.30. The van der Waals surface area contributed by atoms with Crippen LogP contribution in [0.15, 0.2) is 22.7 Å². The van der Waals surface area contributed by atoms with Gasteiger partial charge in [-0.05, 0) is 16.5 Å². The Morgan fingerprint density at radius 2 is 1.92 bits per heavy atom. The Balaban J connectivity index is 3.24. The molecule has 0 aliphatic carbocycles. The average Bonchev–Trinajstić information content (AvgIpc) is 2.02. The van der Waals surface area contributed by atoms with Crippen LogP contribution in [0, 0.1) is 0 Å². The first kappa shape index (κ1) is 10.7. The Morgan fingerprint density at radius 1 is 1.31 bits per heavy atom. The lowest BCUT2D eigenvalue weighted by atomic mass is 9.86. The van der Waals surface area contributed by atoms with Gasteiger partial charge in [0.2, 0.25) is 0 Å². The molecule has 0 aliphatic rings. The van der Waals surface area contributed by atoms with E-state index in [9.17, 15) is 0 Å². The van der Waals surface area contributed by atoms with Crippen molar-refractivity contribution in [2.75, 3.05) is 0 Å². The Morgan fingerprint density at radius 3 is 2.38 bits per heavy atom. The van der Waals surface area contributed by atoms with Crippen LogP contribution in [0.3, 0.4) is 0 Å². The predicted octanol–water partition coefficient (Wildman–Crippen LogP) is 3.24. The second-order valence-electron chi connectivity index (χ2n) is 4.19. The number of hydrogen-bond donors (Lipinski definition) is 1. The number of hydrogen-bond acceptors (Lipinski definition) is 1. The average molecular weight is 243 g/mol. The van der Waals surface area contributed by atoms with Gasteiger partial charge in [0.05, 0.1) is 6.61 Å². The van der Waals surface area contributed by atoms with Crippen LogP contribution in [0.25, 0.3) is 0 Å². The van der Waals surface area contributed by atoms with Crippen LogP contribution in [0.2, 0.25) is 0 Å². The summed E-state index contributed by atoms with van der Waals surface area (Å²) >= 11 is 3.52. The maximum Gasteiger partial charge on any atom is 0.0692 e. The molecule has 0 bridgehead atoms. The van der Waals surface area contributed by atoms with E-state index in [-0.39, 0.29) is 12.0 Å². The largest absolute Gasteiger partial charge is 0.392 e. The van der Waals surface area contributed by atoms with Gasteiger partial charge in [0.25, 0.3) is 0 Å². The van der Waals surface area contributed by atoms with E-state index in [2.05, 4.69) is 42.8 Å². The smallest absolute Gasteiger partial charge is 0.0692 e. The standard InChI is InChI=1S/C11H15BrO/c1-11(2,3)9-6-4-5-8(7-13)10(9)12/h4-6,13H,7H2,1-3H3. The highest BCUT2D eigenvalue weighted by molar-refractivity contribution is 9.10. The van der Waals surface area contributed by atoms with Crippen molar-refractivity contribution in [2.45, 2.75) is 32.8 Å². The van der Waals surface area contributed by atoms with Crippen molar-refractivity contribution in [1.82, 2.24) is 0 Å². The molecule has 0 aromatic heterocycles. The minimum Gasteiger partial charge on any atom is -0.392 e. The molecular formula is C11H15BrO. The molecule has 0 spiro atoms. The van der Waals surface area contributed by atoms with E-state index < -0.39 is 0 Å². The Labute approximate surface area is 87.9 Å². The lowest BCUT2D eigenvalue weighted by Crippen LogP contribution is -2.12. The summed E-state index contributed by atoms with van der Waals surface area (Å²) in [4.78, 5) is 0. The molecular weight excluding hydrogens is 228 g/mol. The molecule has 0 saturated carbocycles. The van der Waals surface area contributed by atoms with Crippen LogP contribution < -0.4 is 0 Å². The second kappa shape index (κ2) is 3.81. The molecule has 0 radical (unpaired) electrons. The van der Waals surface area contributed by atoms with Crippen molar-refractivity contribution < 1.29 is 5.11 Å². The van der Waals surface area contributed by atoms with Gasteiger partial charge in [-0.25, -0.2) is 0 Å². The van der Waals surface area contributed by atoms with Crippen molar-refractivity contribution in [3.05, 3.63) is 33.8 Å². The van der Waals surface area contributed by atoms with E-state index in [0.717, 1.165) is 10.0 Å². The zero-order chi connectivity index (χ0) is 10.1. The van der Waals surface area contributed by atoms with Crippen molar-refractivity contribution in [3.63, 3.8) is 0 Å². The SMILES string of the molecule is CC(C)(C)c1cccc(CO)c1Br. The molecule has 0 fully saturated rings. The van der Waals surface area contributed by atoms with Crippen molar-refractivity contribution >= 4 is 15.9 Å². The zero-order valence-electron chi connectivity index (χ0n) is 8.26. The fourth-order valence-corrected chi connectivity index (χ4v) is 2.27. The van der Waals surface area contributed by atoms with Gasteiger partial charge in [-0.15, -0.1) is 0 Å². The number of aliphatic hydroxyl groups excluding tert-OH is 1. The first-order valence-corrected chi connectivity index (χ1v) is 5.15. The monoisotopic (exact) mass is 242 g/mol. The maximum absolute atomic E-state index is 9.08. The zero-order valence-corrected chi connectivity index (χ0v) is 9.85. The van der Waals surface area contributed by atoms with Gasteiger partial charge in [-0.3, -0.25) is 0 Å². The highest BCUT2D eigenvalue weighted by atomic mass is 79.9. The van der Waals surface area contributed by atoms with Gasteiger partial charge in [0, 0.05) is 4.47 Å². The molecule has 1 aromatic rings. The molecule has 0 atom stereocenters. The predicted molar refractivity (Wildman–Crippen MR) is 58.8 cm³/mol. The third kappa shape index (κ3) is 2.32. The van der Waals surface area contributed by atoms with Crippen molar-refractivity contribution in [3.8, 4) is 0 Å².